The van der Waals surface area contributed by atoms with Crippen LogP contribution in [0, 0.1) is 11.8 Å². The summed E-state index contributed by atoms with van der Waals surface area (Å²) in [5.74, 6) is -1.44. The lowest BCUT2D eigenvalue weighted by Gasteiger charge is -2.34. The fourth-order valence-corrected chi connectivity index (χ4v) is 6.71. The summed E-state index contributed by atoms with van der Waals surface area (Å²) in [6, 6.07) is 6.15. The second-order valence-electron chi connectivity index (χ2n) is 9.16. The van der Waals surface area contributed by atoms with Crippen LogP contribution < -0.4 is 15.4 Å². The minimum Gasteiger partial charge on any atom is -0.497 e. The molecule has 0 aliphatic carbocycles. The van der Waals surface area contributed by atoms with Gasteiger partial charge in [0.15, 0.2) is 0 Å². The van der Waals surface area contributed by atoms with Gasteiger partial charge in [0.2, 0.25) is 17.7 Å². The molecule has 4 rings (SSSR count). The number of nitrogens with one attached hydrogen (secondary N) is 2. The van der Waals surface area contributed by atoms with Crippen molar-refractivity contribution < 1.29 is 29.0 Å². The Bertz CT molecular complexity index is 928. The number of hydrogen-bond acceptors (Lipinski definition) is 6. The van der Waals surface area contributed by atoms with Crippen molar-refractivity contribution >= 4 is 39.3 Å². The Morgan fingerprint density at radius 1 is 1.21 bits per heavy atom. The summed E-state index contributed by atoms with van der Waals surface area (Å²) in [6.45, 7) is 0.529. The first kappa shape index (κ1) is 24.9. The van der Waals surface area contributed by atoms with E-state index in [2.05, 4.69) is 26.6 Å². The Balaban J connectivity index is 1.62. The third-order valence-corrected chi connectivity index (χ3v) is 8.10. The number of benzene rings is 1. The number of aliphatic hydroxyl groups excluding tert-OH is 1. The molecule has 3 saturated heterocycles. The van der Waals surface area contributed by atoms with Gasteiger partial charge in [-0.25, -0.2) is 0 Å². The number of halogens is 1. The summed E-state index contributed by atoms with van der Waals surface area (Å²) in [7, 11) is 3.12. The Labute approximate surface area is 207 Å². The minimum atomic E-state index is -1.06. The average Bonchev–Trinajstić information content (AvgIpc) is 3.42. The number of aliphatic hydroxyl groups is 1. The molecule has 2 bridgehead atoms. The van der Waals surface area contributed by atoms with Crippen LogP contribution in [0.1, 0.15) is 32.1 Å². The van der Waals surface area contributed by atoms with Crippen molar-refractivity contribution in [3.8, 4) is 5.75 Å². The highest BCUT2D eigenvalue weighted by molar-refractivity contribution is 9.09. The first-order valence-corrected chi connectivity index (χ1v) is 12.7. The van der Waals surface area contributed by atoms with Crippen molar-refractivity contribution in [3.05, 3.63) is 24.3 Å². The topological polar surface area (TPSA) is 117 Å². The lowest BCUT2D eigenvalue weighted by Crippen LogP contribution is -2.54. The summed E-state index contributed by atoms with van der Waals surface area (Å²) < 4.78 is 11.6. The number of fused-ring (bicyclic) bond motifs is 1. The van der Waals surface area contributed by atoms with E-state index in [-0.39, 0.29) is 29.2 Å². The van der Waals surface area contributed by atoms with Crippen molar-refractivity contribution in [1.82, 2.24) is 10.2 Å². The molecular formula is C24H32BrN3O6. The van der Waals surface area contributed by atoms with E-state index < -0.39 is 29.6 Å². The Kier molecular flexibility index (Phi) is 7.49. The zero-order valence-electron chi connectivity index (χ0n) is 19.5. The number of methoxy groups -OCH3 is 1. The maximum atomic E-state index is 13.7. The lowest BCUT2D eigenvalue weighted by atomic mass is 9.70. The van der Waals surface area contributed by atoms with Crippen LogP contribution in [0.4, 0.5) is 5.69 Å². The van der Waals surface area contributed by atoms with Crippen molar-refractivity contribution in [2.45, 2.75) is 54.7 Å². The summed E-state index contributed by atoms with van der Waals surface area (Å²) in [6.07, 6.45) is 3.10. The van der Waals surface area contributed by atoms with Gasteiger partial charge in [-0.1, -0.05) is 28.8 Å². The normalized spacial score (nSPS) is 31.5. The van der Waals surface area contributed by atoms with Crippen molar-refractivity contribution in [2.24, 2.45) is 11.8 Å². The maximum Gasteiger partial charge on any atom is 0.250 e. The van der Waals surface area contributed by atoms with Crippen LogP contribution in [0.3, 0.4) is 0 Å². The zero-order valence-corrected chi connectivity index (χ0v) is 21.0. The van der Waals surface area contributed by atoms with Crippen LogP contribution in [0.5, 0.6) is 5.75 Å². The highest BCUT2D eigenvalue weighted by atomic mass is 79.9. The molecule has 3 amide bonds. The first-order valence-electron chi connectivity index (χ1n) is 11.8. The number of likely N-dealkylation sites (tertiary alicyclic amines) is 1. The Morgan fingerprint density at radius 3 is 2.56 bits per heavy atom. The minimum absolute atomic E-state index is 0.125. The van der Waals surface area contributed by atoms with Gasteiger partial charge in [0.05, 0.1) is 25.0 Å². The van der Waals surface area contributed by atoms with Gasteiger partial charge in [-0.15, -0.1) is 0 Å². The predicted octanol–water partition coefficient (Wildman–Crippen LogP) is 1.68. The molecule has 186 valence electrons. The number of nitrogens with zero attached hydrogens (tertiary/aromatic N) is 1. The maximum absolute atomic E-state index is 13.7. The van der Waals surface area contributed by atoms with Crippen LogP contribution in [-0.2, 0) is 19.1 Å². The number of ether oxygens (including phenoxy) is 2. The highest BCUT2D eigenvalue weighted by Gasteiger charge is 2.76. The number of amides is 3. The molecule has 1 aromatic carbocycles. The smallest absolute Gasteiger partial charge is 0.250 e. The molecule has 3 N–H and O–H groups in total. The molecule has 9 nitrogen and oxygen atoms in total. The van der Waals surface area contributed by atoms with Crippen LogP contribution >= 0.6 is 15.9 Å². The van der Waals surface area contributed by atoms with E-state index in [1.165, 1.54) is 0 Å². The van der Waals surface area contributed by atoms with Gasteiger partial charge in [0.25, 0.3) is 0 Å². The summed E-state index contributed by atoms with van der Waals surface area (Å²) in [4.78, 5) is 41.6. The molecule has 1 spiro atoms. The fourth-order valence-electron chi connectivity index (χ4n) is 5.77. The van der Waals surface area contributed by atoms with E-state index >= 15 is 0 Å². The molecule has 3 aliphatic rings. The molecule has 3 unspecified atom stereocenters. The molecule has 3 aliphatic heterocycles. The molecular weight excluding hydrogens is 506 g/mol. The molecule has 0 saturated carbocycles. The monoisotopic (exact) mass is 537 g/mol. The Morgan fingerprint density at radius 2 is 1.91 bits per heavy atom. The molecule has 0 aromatic heterocycles. The average molecular weight is 538 g/mol. The molecule has 3 fully saturated rings. The predicted molar refractivity (Wildman–Crippen MR) is 129 cm³/mol. The standard InChI is InChI=1S/C24H32BrN3O6/c1-26-21(30)17-18-23(32)28(11-5-3-4-6-12-29)20(24(18)13-16(25)19(17)34-24)22(31)27-14-7-9-15(33-2)10-8-14/h7-10,16-20,29H,3-6,11-13H2,1-2H3,(H,26,30)(H,27,31)/t16?,17-,18-,19-,20?,24?/m0/s1. The van der Waals surface area contributed by atoms with E-state index in [9.17, 15) is 14.4 Å². The van der Waals surface area contributed by atoms with Gasteiger partial charge in [-0.05, 0) is 43.5 Å². The first-order chi connectivity index (χ1) is 16.4. The molecule has 6 atom stereocenters. The summed E-state index contributed by atoms with van der Waals surface area (Å²) in [5.41, 5.74) is -0.471. The van der Waals surface area contributed by atoms with Crippen molar-refractivity contribution in [2.75, 3.05) is 32.6 Å². The van der Waals surface area contributed by atoms with Crippen LogP contribution in [0.2, 0.25) is 0 Å². The number of anilines is 1. The number of unbranched alkanes of at least 4 members (excludes halogenated alkanes) is 3. The SMILES string of the molecule is CNC(=O)[C@H]1[C@H]2C(=O)N(CCCCCCO)C(C(=O)Nc3ccc(OC)cc3)C23CC(Br)[C@@H]1O3. The molecule has 3 heterocycles. The van der Waals surface area contributed by atoms with Crippen LogP contribution in [0.15, 0.2) is 24.3 Å². The third kappa shape index (κ3) is 4.20. The van der Waals surface area contributed by atoms with Gasteiger partial charge < -0.3 is 30.1 Å². The number of alkyl halides is 1. The number of carbonyl (C=O) groups excluding carboxylic acids is 3. The van der Waals surface area contributed by atoms with Crippen LogP contribution in [0.25, 0.3) is 0 Å². The van der Waals surface area contributed by atoms with Crippen molar-refractivity contribution in [3.63, 3.8) is 0 Å². The van der Waals surface area contributed by atoms with Gasteiger partial charge in [0.1, 0.15) is 17.4 Å². The highest BCUT2D eigenvalue weighted by Crippen LogP contribution is 2.60. The number of rotatable bonds is 10. The fraction of sp³-hybridized carbons (Fsp3) is 0.625. The zero-order chi connectivity index (χ0) is 24.5. The van der Waals surface area contributed by atoms with Gasteiger partial charge >= 0.3 is 0 Å². The molecule has 0 radical (unpaired) electrons. The molecule has 1 aromatic rings. The van der Waals surface area contributed by atoms with E-state index in [0.717, 1.165) is 12.8 Å². The largest absolute Gasteiger partial charge is 0.497 e. The van der Waals surface area contributed by atoms with Gasteiger partial charge in [0, 0.05) is 30.7 Å². The summed E-state index contributed by atoms with van der Waals surface area (Å²) in [5, 5.41) is 14.6. The number of hydrogen-bond donors (Lipinski definition) is 3. The number of carbonyl (C=O) groups is 3. The third-order valence-electron chi connectivity index (χ3n) is 7.25. The van der Waals surface area contributed by atoms with Gasteiger partial charge in [-0.2, -0.15) is 0 Å². The van der Waals surface area contributed by atoms with Gasteiger partial charge in [-0.3, -0.25) is 14.4 Å². The molecule has 10 heteroatoms. The van der Waals surface area contributed by atoms with Crippen molar-refractivity contribution in [1.29, 1.82) is 0 Å². The van der Waals surface area contributed by atoms with E-state index in [1.807, 2.05) is 0 Å². The second-order valence-corrected chi connectivity index (χ2v) is 10.3. The Hall–Kier alpha value is -2.17. The molecule has 34 heavy (non-hydrogen) atoms. The second kappa shape index (κ2) is 10.2. The quantitative estimate of drug-likeness (QED) is 0.308. The van der Waals surface area contributed by atoms with E-state index in [0.29, 0.717) is 37.2 Å². The van der Waals surface area contributed by atoms with E-state index in [4.69, 9.17) is 14.6 Å². The van der Waals surface area contributed by atoms with Crippen LogP contribution in [-0.4, -0.2) is 77.6 Å². The van der Waals surface area contributed by atoms with E-state index in [1.54, 1.807) is 43.3 Å². The summed E-state index contributed by atoms with van der Waals surface area (Å²) >= 11 is 3.64. The lowest BCUT2D eigenvalue weighted by molar-refractivity contribution is -0.140.